The van der Waals surface area contributed by atoms with Crippen LogP contribution in [0.25, 0.3) is 0 Å². The molecule has 20 heavy (non-hydrogen) atoms. The second kappa shape index (κ2) is 8.17. The molecule has 3 unspecified atom stereocenters. The summed E-state index contributed by atoms with van der Waals surface area (Å²) >= 11 is 0. The van der Waals surface area contributed by atoms with Gasteiger partial charge >= 0.3 is 5.97 Å². The predicted octanol–water partition coefficient (Wildman–Crippen LogP) is 2.12. The van der Waals surface area contributed by atoms with Crippen molar-refractivity contribution < 1.29 is 14.1 Å². The van der Waals surface area contributed by atoms with Crippen molar-refractivity contribution in [3.8, 4) is 0 Å². The van der Waals surface area contributed by atoms with Gasteiger partial charge in [-0.05, 0) is 31.0 Å². The smallest absolute Gasteiger partial charge is 0.310 e. The van der Waals surface area contributed by atoms with Gasteiger partial charge in [0, 0.05) is 28.9 Å². The van der Waals surface area contributed by atoms with Crippen LogP contribution in [0.5, 0.6) is 0 Å². The predicted molar refractivity (Wildman–Crippen MR) is 82.3 cm³/mol. The minimum atomic E-state index is -0.808. The molecule has 4 nitrogen and oxygen atoms in total. The summed E-state index contributed by atoms with van der Waals surface area (Å²) in [5.74, 6) is -1.28. The third-order valence-electron chi connectivity index (χ3n) is 3.47. The second-order valence-electron chi connectivity index (χ2n) is 5.08. The molecule has 0 aliphatic rings. The topological polar surface area (TPSA) is 66.4 Å². The van der Waals surface area contributed by atoms with Gasteiger partial charge in [0.2, 0.25) is 0 Å². The first-order chi connectivity index (χ1) is 9.41. The minimum absolute atomic E-state index is 0.210. The number of carboxylic acids is 1. The number of carbonyl (C=O) groups is 1. The second-order valence-corrected chi connectivity index (χ2v) is 6.88. The van der Waals surface area contributed by atoms with Crippen molar-refractivity contribution in [2.45, 2.75) is 38.0 Å². The lowest BCUT2D eigenvalue weighted by atomic mass is 10.00. The molecule has 3 atom stereocenters. The van der Waals surface area contributed by atoms with Gasteiger partial charge in [0.1, 0.15) is 0 Å². The van der Waals surface area contributed by atoms with Crippen LogP contribution in [0, 0.1) is 0 Å². The summed E-state index contributed by atoms with van der Waals surface area (Å²) < 4.78 is 11.2. The Morgan fingerprint density at radius 1 is 1.30 bits per heavy atom. The van der Waals surface area contributed by atoms with Crippen molar-refractivity contribution in [3.05, 3.63) is 35.4 Å². The molecule has 0 fully saturated rings. The molecular weight excluding hydrogens is 274 g/mol. The van der Waals surface area contributed by atoms with E-state index in [0.717, 1.165) is 30.6 Å². The van der Waals surface area contributed by atoms with Crippen molar-refractivity contribution in [2.75, 3.05) is 12.8 Å². The maximum absolute atomic E-state index is 11.2. The molecule has 0 heterocycles. The summed E-state index contributed by atoms with van der Waals surface area (Å²) in [7, 11) is -0.767. The van der Waals surface area contributed by atoms with Gasteiger partial charge in [-0.25, -0.2) is 0 Å². The quantitative estimate of drug-likeness (QED) is 0.721. The summed E-state index contributed by atoms with van der Waals surface area (Å²) in [5, 5.41) is 12.5. The van der Waals surface area contributed by atoms with Crippen LogP contribution in [0.1, 0.15) is 37.3 Å². The first-order valence-corrected chi connectivity index (χ1v) is 8.38. The van der Waals surface area contributed by atoms with E-state index in [4.69, 9.17) is 5.11 Å². The van der Waals surface area contributed by atoms with Crippen LogP contribution in [0.15, 0.2) is 24.3 Å². The molecule has 0 spiro atoms. The molecule has 0 aromatic heterocycles. The van der Waals surface area contributed by atoms with E-state index >= 15 is 0 Å². The van der Waals surface area contributed by atoms with Crippen LogP contribution >= 0.6 is 0 Å². The first kappa shape index (κ1) is 16.9. The Morgan fingerprint density at radius 2 is 1.90 bits per heavy atom. The van der Waals surface area contributed by atoms with Crippen LogP contribution in [-0.4, -0.2) is 33.3 Å². The fourth-order valence-electron chi connectivity index (χ4n) is 1.77. The molecule has 0 bridgehead atoms. The highest BCUT2D eigenvalue weighted by Crippen LogP contribution is 2.15. The van der Waals surface area contributed by atoms with Gasteiger partial charge in [-0.1, -0.05) is 31.2 Å². The fraction of sp³-hybridized carbons (Fsp3) is 0.533. The Hall–Kier alpha value is -1.20. The summed E-state index contributed by atoms with van der Waals surface area (Å²) in [6, 6.07) is 7.62. The third-order valence-corrected chi connectivity index (χ3v) is 4.84. The van der Waals surface area contributed by atoms with Crippen molar-refractivity contribution in [1.29, 1.82) is 0 Å². The Morgan fingerprint density at radius 3 is 2.40 bits per heavy atom. The van der Waals surface area contributed by atoms with Crippen LogP contribution in [0.3, 0.4) is 0 Å². The maximum Gasteiger partial charge on any atom is 0.310 e. The van der Waals surface area contributed by atoms with E-state index in [1.54, 1.807) is 13.2 Å². The lowest BCUT2D eigenvalue weighted by Crippen LogP contribution is -2.21. The van der Waals surface area contributed by atoms with Crippen molar-refractivity contribution in [1.82, 2.24) is 5.32 Å². The number of aliphatic carboxylic acids is 1. The highest BCUT2D eigenvalue weighted by Gasteiger charge is 2.12. The van der Waals surface area contributed by atoms with Gasteiger partial charge in [-0.3, -0.25) is 9.00 Å². The number of benzene rings is 1. The normalized spacial score (nSPS) is 15.6. The zero-order valence-electron chi connectivity index (χ0n) is 12.3. The van der Waals surface area contributed by atoms with Crippen LogP contribution in [-0.2, 0) is 22.1 Å². The van der Waals surface area contributed by atoms with Gasteiger partial charge in [0.05, 0.1) is 5.92 Å². The van der Waals surface area contributed by atoms with Gasteiger partial charge in [0.25, 0.3) is 0 Å². The van der Waals surface area contributed by atoms with Crippen LogP contribution in [0.4, 0.5) is 0 Å². The number of nitrogens with one attached hydrogen (secondary N) is 1. The number of rotatable bonds is 8. The molecular formula is C15H23NO3S. The van der Waals surface area contributed by atoms with Crippen LogP contribution < -0.4 is 5.32 Å². The molecule has 1 aromatic carbocycles. The van der Waals surface area contributed by atoms with E-state index in [1.165, 1.54) is 0 Å². The largest absolute Gasteiger partial charge is 0.481 e. The van der Waals surface area contributed by atoms with Crippen LogP contribution in [0.2, 0.25) is 0 Å². The van der Waals surface area contributed by atoms with E-state index in [9.17, 15) is 9.00 Å². The zero-order valence-corrected chi connectivity index (χ0v) is 13.1. The lowest BCUT2D eigenvalue weighted by Gasteiger charge is -2.10. The maximum atomic E-state index is 11.2. The number of hydrogen-bond acceptors (Lipinski definition) is 3. The Balaban J connectivity index is 2.39. The Labute approximate surface area is 123 Å². The van der Waals surface area contributed by atoms with E-state index in [1.807, 2.05) is 31.2 Å². The average molecular weight is 297 g/mol. The SMILES string of the molecule is CC(C(=O)O)c1ccc(CNCCC(C)S(C)=O)cc1. The Kier molecular flexibility index (Phi) is 6.88. The van der Waals surface area contributed by atoms with E-state index < -0.39 is 22.7 Å². The summed E-state index contributed by atoms with van der Waals surface area (Å²) in [5.41, 5.74) is 1.94. The van der Waals surface area contributed by atoms with Crippen molar-refractivity contribution in [2.24, 2.45) is 0 Å². The molecule has 1 aromatic rings. The van der Waals surface area contributed by atoms with E-state index in [0.29, 0.717) is 0 Å². The van der Waals surface area contributed by atoms with E-state index in [2.05, 4.69) is 5.32 Å². The molecule has 0 saturated heterocycles. The molecule has 0 amide bonds. The molecule has 0 aliphatic carbocycles. The summed E-state index contributed by atoms with van der Waals surface area (Å²) in [4.78, 5) is 10.9. The molecule has 0 radical (unpaired) electrons. The molecule has 2 N–H and O–H groups in total. The van der Waals surface area contributed by atoms with Crippen molar-refractivity contribution in [3.63, 3.8) is 0 Å². The zero-order chi connectivity index (χ0) is 15.1. The van der Waals surface area contributed by atoms with Gasteiger partial charge in [-0.2, -0.15) is 0 Å². The number of hydrogen-bond donors (Lipinski definition) is 2. The highest BCUT2D eigenvalue weighted by atomic mass is 32.2. The molecule has 1 rings (SSSR count). The monoisotopic (exact) mass is 297 g/mol. The lowest BCUT2D eigenvalue weighted by molar-refractivity contribution is -0.138. The molecule has 5 heteroatoms. The first-order valence-electron chi connectivity index (χ1n) is 6.76. The standard InChI is InChI=1S/C15H23NO3S/c1-11(20(3)19)8-9-16-10-13-4-6-14(7-5-13)12(2)15(17)18/h4-7,11-12,16H,8-10H2,1-3H3,(H,17,18). The highest BCUT2D eigenvalue weighted by molar-refractivity contribution is 7.84. The Bertz CT molecular complexity index is 459. The average Bonchev–Trinajstić information content (AvgIpc) is 2.43. The molecule has 112 valence electrons. The minimum Gasteiger partial charge on any atom is -0.481 e. The summed E-state index contributed by atoms with van der Waals surface area (Å²) in [6.07, 6.45) is 2.62. The summed E-state index contributed by atoms with van der Waals surface area (Å²) in [6.45, 7) is 5.24. The molecule has 0 aliphatic heterocycles. The van der Waals surface area contributed by atoms with Gasteiger partial charge < -0.3 is 10.4 Å². The molecule has 0 saturated carbocycles. The fourth-order valence-corrected chi connectivity index (χ4v) is 2.22. The van der Waals surface area contributed by atoms with E-state index in [-0.39, 0.29) is 5.25 Å². The van der Waals surface area contributed by atoms with Crippen molar-refractivity contribution >= 4 is 16.8 Å². The van der Waals surface area contributed by atoms with Gasteiger partial charge in [-0.15, -0.1) is 0 Å². The van der Waals surface area contributed by atoms with Gasteiger partial charge in [0.15, 0.2) is 0 Å². The third kappa shape index (κ3) is 5.43. The number of carboxylic acid groups (broad SMARTS) is 1.